The molecule has 0 amide bonds. The largest absolute Gasteiger partial charge is 0.370 e. The Kier molecular flexibility index (Phi) is 2.82. The Balaban J connectivity index is 1.86. The first-order chi connectivity index (χ1) is 8.62. The van der Waals surface area contributed by atoms with Crippen molar-refractivity contribution in [3.63, 3.8) is 0 Å². The van der Waals surface area contributed by atoms with E-state index in [0.717, 1.165) is 19.3 Å². The summed E-state index contributed by atoms with van der Waals surface area (Å²) < 4.78 is 57.9. The zero-order chi connectivity index (χ0) is 14.1. The fourth-order valence-electron chi connectivity index (χ4n) is 5.16. The summed E-state index contributed by atoms with van der Waals surface area (Å²) >= 11 is 0. The summed E-state index contributed by atoms with van der Waals surface area (Å²) in [4.78, 5) is 0. The number of rotatable bonds is 3. The molecule has 110 valence electrons. The van der Waals surface area contributed by atoms with Gasteiger partial charge in [0, 0.05) is 6.42 Å². The smallest absolute Gasteiger partial charge is 0.281 e. The van der Waals surface area contributed by atoms with Crippen LogP contribution in [-0.2, 0) is 10.1 Å². The summed E-state index contributed by atoms with van der Waals surface area (Å²) in [5, 5.41) is -4.00. The first kappa shape index (κ1) is 13.7. The summed E-state index contributed by atoms with van der Waals surface area (Å²) in [5.74, 6) is 2.05. The molecule has 3 aliphatic carbocycles. The van der Waals surface area contributed by atoms with Gasteiger partial charge in [-0.15, -0.1) is 0 Å². The third-order valence-corrected chi connectivity index (χ3v) is 6.52. The van der Waals surface area contributed by atoms with Crippen molar-refractivity contribution in [2.24, 2.45) is 29.1 Å². The average Bonchev–Trinajstić information content (AvgIpc) is 2.39. The lowest BCUT2D eigenvalue weighted by atomic mass is 9.63. The zero-order valence-corrected chi connectivity index (χ0v) is 11.8. The molecule has 0 heterocycles. The van der Waals surface area contributed by atoms with Gasteiger partial charge >= 0.3 is 15.4 Å². The maximum absolute atomic E-state index is 13.7. The lowest BCUT2D eigenvalue weighted by Gasteiger charge is -2.43. The van der Waals surface area contributed by atoms with E-state index in [2.05, 4.69) is 6.92 Å². The van der Waals surface area contributed by atoms with Crippen molar-refractivity contribution >= 4 is 10.1 Å². The first-order valence-corrected chi connectivity index (χ1v) is 8.41. The van der Waals surface area contributed by atoms with Gasteiger partial charge in [-0.2, -0.15) is 17.2 Å². The minimum absolute atomic E-state index is 0.369. The van der Waals surface area contributed by atoms with Gasteiger partial charge in [-0.25, -0.2) is 0 Å². The summed E-state index contributed by atoms with van der Waals surface area (Å²) in [6, 6.07) is 0. The maximum Gasteiger partial charge on any atom is 0.370 e. The molecule has 3 fully saturated rings. The predicted molar refractivity (Wildman–Crippen MR) is 66.3 cm³/mol. The molecule has 0 radical (unpaired) electrons. The fourth-order valence-corrected chi connectivity index (χ4v) is 5.64. The minimum Gasteiger partial charge on any atom is -0.281 e. The number of hydrogen-bond acceptors (Lipinski definition) is 2. The number of halogens is 2. The average molecular weight is 294 g/mol. The summed E-state index contributed by atoms with van der Waals surface area (Å²) in [7, 11) is -5.30. The third-order valence-electron chi connectivity index (χ3n) is 5.63. The van der Waals surface area contributed by atoms with Gasteiger partial charge in [-0.3, -0.25) is 4.55 Å². The van der Waals surface area contributed by atoms with Crippen LogP contribution in [0.3, 0.4) is 0 Å². The van der Waals surface area contributed by atoms with Crippen LogP contribution in [-0.4, -0.2) is 18.2 Å². The van der Waals surface area contributed by atoms with E-state index >= 15 is 0 Å². The Hall–Kier alpha value is -0.230. The van der Waals surface area contributed by atoms with Crippen molar-refractivity contribution in [1.29, 1.82) is 0 Å². The summed E-state index contributed by atoms with van der Waals surface area (Å²) in [5.41, 5.74) is -0.584. The lowest BCUT2D eigenvalue weighted by Crippen LogP contribution is -2.37. The maximum atomic E-state index is 13.7. The van der Waals surface area contributed by atoms with Crippen molar-refractivity contribution < 1.29 is 21.8 Å². The molecule has 2 bridgehead atoms. The Bertz CT molecular complexity index is 486. The number of hydrogen-bond donors (Lipinski definition) is 1. The van der Waals surface area contributed by atoms with Gasteiger partial charge in [0.05, 0.1) is 0 Å². The van der Waals surface area contributed by atoms with Crippen molar-refractivity contribution in [3.05, 3.63) is 0 Å². The summed E-state index contributed by atoms with van der Waals surface area (Å²) in [6.45, 7) is 2.07. The van der Waals surface area contributed by atoms with Crippen LogP contribution in [0.4, 0.5) is 8.78 Å². The van der Waals surface area contributed by atoms with E-state index in [-0.39, 0.29) is 0 Å². The Labute approximate surface area is 112 Å². The molecule has 19 heavy (non-hydrogen) atoms. The topological polar surface area (TPSA) is 54.4 Å². The van der Waals surface area contributed by atoms with Crippen LogP contribution in [0.1, 0.15) is 45.4 Å². The second-order valence-electron chi connectivity index (χ2n) is 7.16. The molecule has 0 aliphatic heterocycles. The van der Waals surface area contributed by atoms with Gasteiger partial charge in [0.15, 0.2) is 0 Å². The van der Waals surface area contributed by atoms with Crippen molar-refractivity contribution in [2.45, 2.75) is 50.7 Å². The predicted octanol–water partition coefficient (Wildman–Crippen LogP) is 3.32. The molecule has 5 atom stereocenters. The molecule has 0 aromatic heterocycles. The van der Waals surface area contributed by atoms with Crippen LogP contribution < -0.4 is 0 Å². The van der Waals surface area contributed by atoms with Gasteiger partial charge < -0.3 is 0 Å². The Morgan fingerprint density at radius 3 is 2.53 bits per heavy atom. The third kappa shape index (κ3) is 2.11. The molecule has 3 rings (SSSR count). The number of fused-ring (bicyclic) bond motifs is 1. The molecule has 0 aromatic carbocycles. The zero-order valence-electron chi connectivity index (χ0n) is 11.0. The minimum atomic E-state index is -5.30. The van der Waals surface area contributed by atoms with Gasteiger partial charge in [0.2, 0.25) is 0 Å². The normalized spacial score (nSPS) is 45.7. The number of alkyl halides is 2. The molecule has 6 heteroatoms. The molecule has 3 aliphatic rings. The molecule has 3 nitrogen and oxygen atoms in total. The van der Waals surface area contributed by atoms with Crippen LogP contribution >= 0.6 is 0 Å². The fraction of sp³-hybridized carbons (Fsp3) is 1.00. The van der Waals surface area contributed by atoms with Gasteiger partial charge in [0.1, 0.15) is 0 Å². The van der Waals surface area contributed by atoms with Gasteiger partial charge in [0.25, 0.3) is 0 Å². The monoisotopic (exact) mass is 294 g/mol. The van der Waals surface area contributed by atoms with Crippen LogP contribution in [0.25, 0.3) is 0 Å². The Morgan fingerprint density at radius 2 is 1.89 bits per heavy atom. The van der Waals surface area contributed by atoms with Crippen LogP contribution in [0.2, 0.25) is 0 Å². The van der Waals surface area contributed by atoms with Crippen molar-refractivity contribution in [3.8, 4) is 0 Å². The molecule has 5 unspecified atom stereocenters. The van der Waals surface area contributed by atoms with E-state index < -0.39 is 27.2 Å². The molecule has 0 spiro atoms. The van der Waals surface area contributed by atoms with Crippen LogP contribution in [0.15, 0.2) is 0 Å². The highest BCUT2D eigenvalue weighted by atomic mass is 32.2. The van der Waals surface area contributed by atoms with Gasteiger partial charge in [-0.1, -0.05) is 6.92 Å². The quantitative estimate of drug-likeness (QED) is 0.812. The highest BCUT2D eigenvalue weighted by molar-refractivity contribution is 7.86. The lowest BCUT2D eigenvalue weighted by molar-refractivity contribution is 0.00976. The molecule has 0 aromatic rings. The van der Waals surface area contributed by atoms with E-state index in [1.165, 1.54) is 0 Å². The van der Waals surface area contributed by atoms with E-state index in [9.17, 15) is 17.2 Å². The second kappa shape index (κ2) is 3.91. The van der Waals surface area contributed by atoms with E-state index in [1.54, 1.807) is 0 Å². The molecular formula is C13H20F2O3S. The molecule has 0 saturated heterocycles. The SMILES string of the molecule is CC1CC2CC3CC(CC(F)(F)S(=O)(=O)O)(C1)CC23. The first-order valence-electron chi connectivity index (χ1n) is 6.97. The van der Waals surface area contributed by atoms with Crippen molar-refractivity contribution in [2.75, 3.05) is 0 Å². The highest BCUT2D eigenvalue weighted by Gasteiger charge is 2.60. The van der Waals surface area contributed by atoms with E-state index in [1.807, 2.05) is 0 Å². The molecule has 1 N–H and O–H groups in total. The van der Waals surface area contributed by atoms with E-state index in [4.69, 9.17) is 4.55 Å². The summed E-state index contributed by atoms with van der Waals surface area (Å²) in [6.07, 6.45) is 3.60. The highest BCUT2D eigenvalue weighted by Crippen LogP contribution is 2.66. The molecule has 3 saturated carbocycles. The standard InChI is InChI=1S/C13H20F2O3S/c1-8-2-9-3-10-5-12(4-8,6-11(9)10)7-13(14,15)19(16,17)18/h8-11H,2-7H2,1H3,(H,16,17,18). The van der Waals surface area contributed by atoms with Crippen LogP contribution in [0.5, 0.6) is 0 Å². The van der Waals surface area contributed by atoms with E-state index in [0.29, 0.717) is 36.5 Å². The molecular weight excluding hydrogens is 274 g/mol. The Morgan fingerprint density at radius 1 is 1.21 bits per heavy atom. The van der Waals surface area contributed by atoms with Crippen LogP contribution in [0, 0.1) is 29.1 Å². The van der Waals surface area contributed by atoms with Crippen molar-refractivity contribution in [1.82, 2.24) is 0 Å². The second-order valence-corrected chi connectivity index (χ2v) is 8.71. The van der Waals surface area contributed by atoms with Gasteiger partial charge in [-0.05, 0) is 61.2 Å².